The minimum atomic E-state index is 0.0413. The molecule has 0 aliphatic carbocycles. The van der Waals surface area contributed by atoms with Gasteiger partial charge < -0.3 is 9.80 Å². The first-order chi connectivity index (χ1) is 12.1. The van der Waals surface area contributed by atoms with Crippen LogP contribution in [0.4, 0.5) is 11.5 Å². The van der Waals surface area contributed by atoms with Crippen molar-refractivity contribution < 1.29 is 4.79 Å². The van der Waals surface area contributed by atoms with E-state index in [0.29, 0.717) is 16.9 Å². The number of rotatable bonds is 2. The van der Waals surface area contributed by atoms with E-state index in [1.165, 1.54) is 5.56 Å². The smallest absolute Gasteiger partial charge is 0.259 e. The SMILES string of the molecule is CC1SCCN(c2ccc(C(=O)N3CCc4ccccc43)cn2)C1C. The maximum Gasteiger partial charge on any atom is 0.259 e. The second-order valence-electron chi connectivity index (χ2n) is 6.75. The standard InChI is InChI=1S/C20H23N3OS/c1-14-15(2)25-12-11-22(14)19-8-7-17(13-21-19)20(24)23-10-9-16-5-3-4-6-18(16)23/h3-8,13-15H,9-12H2,1-2H3. The van der Waals surface area contributed by atoms with Gasteiger partial charge in [-0.3, -0.25) is 4.79 Å². The molecule has 2 aromatic rings. The maximum absolute atomic E-state index is 12.9. The van der Waals surface area contributed by atoms with Gasteiger partial charge >= 0.3 is 0 Å². The first kappa shape index (κ1) is 16.5. The minimum Gasteiger partial charge on any atom is -0.352 e. The summed E-state index contributed by atoms with van der Waals surface area (Å²) in [6.07, 6.45) is 2.66. The zero-order valence-corrected chi connectivity index (χ0v) is 15.5. The van der Waals surface area contributed by atoms with Crippen molar-refractivity contribution in [3.05, 3.63) is 53.7 Å². The molecule has 1 aromatic heterocycles. The first-order valence-electron chi connectivity index (χ1n) is 8.89. The summed E-state index contributed by atoms with van der Waals surface area (Å²) >= 11 is 2.01. The molecule has 2 aliphatic rings. The van der Waals surface area contributed by atoms with E-state index in [0.717, 1.165) is 36.8 Å². The van der Waals surface area contributed by atoms with E-state index in [4.69, 9.17) is 0 Å². The first-order valence-corrected chi connectivity index (χ1v) is 9.94. The minimum absolute atomic E-state index is 0.0413. The molecule has 0 N–H and O–H groups in total. The van der Waals surface area contributed by atoms with Gasteiger partial charge in [-0.1, -0.05) is 25.1 Å². The van der Waals surface area contributed by atoms with Gasteiger partial charge in [-0.15, -0.1) is 0 Å². The quantitative estimate of drug-likeness (QED) is 0.826. The summed E-state index contributed by atoms with van der Waals surface area (Å²) in [5.74, 6) is 2.14. The summed E-state index contributed by atoms with van der Waals surface area (Å²) < 4.78 is 0. The van der Waals surface area contributed by atoms with E-state index >= 15 is 0 Å². The Morgan fingerprint density at radius 1 is 1.16 bits per heavy atom. The number of carbonyl (C=O) groups excluding carboxylic acids is 1. The molecule has 130 valence electrons. The van der Waals surface area contributed by atoms with E-state index in [2.05, 4.69) is 29.8 Å². The van der Waals surface area contributed by atoms with Crippen LogP contribution in [0.2, 0.25) is 0 Å². The van der Waals surface area contributed by atoms with Crippen molar-refractivity contribution >= 4 is 29.2 Å². The highest BCUT2D eigenvalue weighted by Crippen LogP contribution is 2.30. The molecule has 1 aromatic carbocycles. The average Bonchev–Trinajstić information content (AvgIpc) is 3.08. The van der Waals surface area contributed by atoms with Gasteiger partial charge in [0.25, 0.3) is 5.91 Å². The zero-order chi connectivity index (χ0) is 17.4. The van der Waals surface area contributed by atoms with Crippen LogP contribution in [0.3, 0.4) is 0 Å². The molecule has 0 bridgehead atoms. The number of nitrogens with zero attached hydrogens (tertiary/aromatic N) is 3. The maximum atomic E-state index is 12.9. The van der Waals surface area contributed by atoms with Crippen LogP contribution in [0.15, 0.2) is 42.6 Å². The van der Waals surface area contributed by atoms with E-state index in [-0.39, 0.29) is 5.91 Å². The third-order valence-electron chi connectivity index (χ3n) is 5.31. The molecule has 0 radical (unpaired) electrons. The van der Waals surface area contributed by atoms with Gasteiger partial charge in [0.15, 0.2) is 0 Å². The Hall–Kier alpha value is -2.01. The fourth-order valence-corrected chi connectivity index (χ4v) is 4.74. The number of thioether (sulfide) groups is 1. The predicted molar refractivity (Wildman–Crippen MR) is 105 cm³/mol. The van der Waals surface area contributed by atoms with Gasteiger partial charge in [0.05, 0.1) is 5.56 Å². The predicted octanol–water partition coefficient (Wildman–Crippen LogP) is 3.61. The van der Waals surface area contributed by atoms with Crippen molar-refractivity contribution in [2.24, 2.45) is 0 Å². The molecule has 4 rings (SSSR count). The molecule has 5 heteroatoms. The number of carbonyl (C=O) groups is 1. The molecule has 3 heterocycles. The number of amides is 1. The second-order valence-corrected chi connectivity index (χ2v) is 8.24. The van der Waals surface area contributed by atoms with Crippen LogP contribution >= 0.6 is 11.8 Å². The van der Waals surface area contributed by atoms with Gasteiger partial charge in [-0.05, 0) is 37.1 Å². The summed E-state index contributed by atoms with van der Waals surface area (Å²) in [5.41, 5.74) is 2.94. The molecule has 0 spiro atoms. The highest BCUT2D eigenvalue weighted by atomic mass is 32.2. The molecule has 2 atom stereocenters. The van der Waals surface area contributed by atoms with Crippen molar-refractivity contribution in [2.75, 3.05) is 28.6 Å². The Balaban J connectivity index is 1.54. The van der Waals surface area contributed by atoms with Crippen LogP contribution in [0.25, 0.3) is 0 Å². The Morgan fingerprint density at radius 2 is 2.00 bits per heavy atom. The van der Waals surface area contributed by atoms with E-state index in [1.54, 1.807) is 6.20 Å². The van der Waals surface area contributed by atoms with Crippen LogP contribution in [0, 0.1) is 0 Å². The Labute approximate surface area is 153 Å². The van der Waals surface area contributed by atoms with E-state index in [1.807, 2.05) is 47.0 Å². The Kier molecular flexibility index (Phi) is 4.42. The van der Waals surface area contributed by atoms with Crippen molar-refractivity contribution in [3.63, 3.8) is 0 Å². The number of benzene rings is 1. The van der Waals surface area contributed by atoms with Gasteiger partial charge in [0, 0.05) is 42.0 Å². The lowest BCUT2D eigenvalue weighted by molar-refractivity contribution is 0.0989. The molecule has 25 heavy (non-hydrogen) atoms. The molecule has 0 saturated carbocycles. The van der Waals surface area contributed by atoms with Gasteiger partial charge in [-0.25, -0.2) is 4.98 Å². The fourth-order valence-electron chi connectivity index (χ4n) is 3.64. The summed E-state index contributed by atoms with van der Waals surface area (Å²) in [6.45, 7) is 6.27. The van der Waals surface area contributed by atoms with Crippen LogP contribution in [-0.2, 0) is 6.42 Å². The molecular weight excluding hydrogens is 330 g/mol. The van der Waals surface area contributed by atoms with Crippen LogP contribution in [0.5, 0.6) is 0 Å². The third-order valence-corrected chi connectivity index (χ3v) is 6.64. The lowest BCUT2D eigenvalue weighted by Crippen LogP contribution is -2.45. The molecule has 1 fully saturated rings. The zero-order valence-electron chi connectivity index (χ0n) is 14.7. The molecule has 4 nitrogen and oxygen atoms in total. The molecule has 1 amide bonds. The van der Waals surface area contributed by atoms with Crippen LogP contribution < -0.4 is 9.80 Å². The molecular formula is C20H23N3OS. The van der Waals surface area contributed by atoms with Crippen LogP contribution in [-0.4, -0.2) is 41.0 Å². The van der Waals surface area contributed by atoms with Crippen molar-refractivity contribution in [1.82, 2.24) is 4.98 Å². The number of fused-ring (bicyclic) bond motifs is 1. The van der Waals surface area contributed by atoms with Crippen molar-refractivity contribution in [1.29, 1.82) is 0 Å². The largest absolute Gasteiger partial charge is 0.352 e. The number of hydrogen-bond donors (Lipinski definition) is 0. The van der Waals surface area contributed by atoms with Crippen LogP contribution in [0.1, 0.15) is 29.8 Å². The summed E-state index contributed by atoms with van der Waals surface area (Å²) in [7, 11) is 0. The summed E-state index contributed by atoms with van der Waals surface area (Å²) in [6, 6.07) is 12.5. The van der Waals surface area contributed by atoms with Crippen molar-refractivity contribution in [3.8, 4) is 0 Å². The van der Waals surface area contributed by atoms with Crippen molar-refractivity contribution in [2.45, 2.75) is 31.6 Å². The average molecular weight is 353 g/mol. The third kappa shape index (κ3) is 3.01. The monoisotopic (exact) mass is 353 g/mol. The highest BCUT2D eigenvalue weighted by Gasteiger charge is 2.28. The van der Waals surface area contributed by atoms with E-state index < -0.39 is 0 Å². The highest BCUT2D eigenvalue weighted by molar-refractivity contribution is 8.00. The Morgan fingerprint density at radius 3 is 2.80 bits per heavy atom. The molecule has 2 unspecified atom stereocenters. The van der Waals surface area contributed by atoms with Gasteiger partial charge in [-0.2, -0.15) is 11.8 Å². The Bertz CT molecular complexity index is 777. The number of anilines is 2. The summed E-state index contributed by atoms with van der Waals surface area (Å²) in [5, 5.41) is 0.595. The van der Waals surface area contributed by atoms with E-state index in [9.17, 15) is 4.79 Å². The second kappa shape index (κ2) is 6.71. The lowest BCUT2D eigenvalue weighted by atomic mass is 10.1. The molecule has 1 saturated heterocycles. The number of pyridine rings is 1. The van der Waals surface area contributed by atoms with Gasteiger partial charge in [0.2, 0.25) is 0 Å². The summed E-state index contributed by atoms with van der Waals surface area (Å²) in [4.78, 5) is 21.7. The molecule has 2 aliphatic heterocycles. The van der Waals surface area contributed by atoms with Gasteiger partial charge in [0.1, 0.15) is 5.82 Å². The number of para-hydroxylation sites is 1. The topological polar surface area (TPSA) is 36.4 Å². The fraction of sp³-hybridized carbons (Fsp3) is 0.400. The number of aromatic nitrogens is 1. The normalized spacial score (nSPS) is 22.8. The lowest BCUT2D eigenvalue weighted by Gasteiger charge is -2.38. The number of hydrogen-bond acceptors (Lipinski definition) is 4.